The second-order valence-corrected chi connectivity index (χ2v) is 5.82. The summed E-state index contributed by atoms with van der Waals surface area (Å²) >= 11 is 3.41. The molecule has 4 heteroatoms. The number of benzene rings is 2. The number of hydrogen-bond donors (Lipinski definition) is 2. The van der Waals surface area contributed by atoms with Crippen LogP contribution in [0.15, 0.2) is 34.8 Å². The van der Waals surface area contributed by atoms with Crippen LogP contribution in [0.4, 0.5) is 11.4 Å². The number of nitrogens with two attached hydrogens (primary N) is 1. The number of aryl methyl sites for hydroxylation is 3. The number of rotatable bonds is 2. The second-order valence-electron chi connectivity index (χ2n) is 4.96. The molecule has 0 fully saturated rings. The van der Waals surface area contributed by atoms with Crippen LogP contribution in [-0.2, 0) is 0 Å². The minimum atomic E-state index is -0.174. The number of hydrogen-bond acceptors (Lipinski definition) is 2. The molecular weight excluding hydrogens is 316 g/mol. The molecule has 1 amide bonds. The number of carbonyl (C=O) groups excluding carboxylic acids is 1. The summed E-state index contributed by atoms with van der Waals surface area (Å²) < 4.78 is 0.775. The van der Waals surface area contributed by atoms with Crippen LogP contribution in [0.2, 0.25) is 0 Å². The van der Waals surface area contributed by atoms with E-state index in [2.05, 4.69) is 21.2 Å². The molecule has 104 valence electrons. The van der Waals surface area contributed by atoms with Gasteiger partial charge < -0.3 is 11.1 Å². The molecule has 0 atom stereocenters. The van der Waals surface area contributed by atoms with E-state index in [1.165, 1.54) is 0 Å². The third kappa shape index (κ3) is 3.02. The van der Waals surface area contributed by atoms with E-state index >= 15 is 0 Å². The SMILES string of the molecule is Cc1ccc(C(=O)Nc2cc(C)c(C)cc2N)c(Br)c1. The third-order valence-electron chi connectivity index (χ3n) is 3.28. The molecule has 2 aromatic rings. The van der Waals surface area contributed by atoms with Crippen LogP contribution < -0.4 is 11.1 Å². The van der Waals surface area contributed by atoms with Crippen molar-refractivity contribution in [3.8, 4) is 0 Å². The molecule has 0 aliphatic heterocycles. The van der Waals surface area contributed by atoms with Crippen molar-refractivity contribution in [2.45, 2.75) is 20.8 Å². The summed E-state index contributed by atoms with van der Waals surface area (Å²) in [7, 11) is 0. The molecule has 0 saturated carbocycles. The molecule has 0 aromatic heterocycles. The summed E-state index contributed by atoms with van der Waals surface area (Å²) in [6, 6.07) is 9.38. The van der Waals surface area contributed by atoms with Gasteiger partial charge in [0.05, 0.1) is 16.9 Å². The number of anilines is 2. The maximum Gasteiger partial charge on any atom is 0.256 e. The monoisotopic (exact) mass is 332 g/mol. The van der Waals surface area contributed by atoms with Crippen molar-refractivity contribution >= 4 is 33.2 Å². The van der Waals surface area contributed by atoms with Gasteiger partial charge in [-0.1, -0.05) is 6.07 Å². The Morgan fingerprint density at radius 2 is 1.75 bits per heavy atom. The Morgan fingerprint density at radius 1 is 1.10 bits per heavy atom. The van der Waals surface area contributed by atoms with Crippen molar-refractivity contribution < 1.29 is 4.79 Å². The van der Waals surface area contributed by atoms with Gasteiger partial charge in [0.15, 0.2) is 0 Å². The van der Waals surface area contributed by atoms with Crippen molar-refractivity contribution in [2.75, 3.05) is 11.1 Å². The van der Waals surface area contributed by atoms with Gasteiger partial charge in [0, 0.05) is 4.47 Å². The Morgan fingerprint density at radius 3 is 2.40 bits per heavy atom. The van der Waals surface area contributed by atoms with Gasteiger partial charge in [0.25, 0.3) is 5.91 Å². The van der Waals surface area contributed by atoms with Crippen LogP contribution in [0.25, 0.3) is 0 Å². The zero-order chi connectivity index (χ0) is 14.9. The van der Waals surface area contributed by atoms with Crippen LogP contribution in [-0.4, -0.2) is 5.91 Å². The number of carbonyl (C=O) groups is 1. The predicted molar refractivity (Wildman–Crippen MR) is 87.2 cm³/mol. The van der Waals surface area contributed by atoms with Crippen LogP contribution in [0.3, 0.4) is 0 Å². The molecule has 20 heavy (non-hydrogen) atoms. The highest BCUT2D eigenvalue weighted by Crippen LogP contribution is 2.25. The number of amides is 1. The summed E-state index contributed by atoms with van der Waals surface area (Å²) in [6.45, 7) is 5.97. The summed E-state index contributed by atoms with van der Waals surface area (Å²) in [4.78, 5) is 12.3. The van der Waals surface area contributed by atoms with Gasteiger partial charge in [-0.2, -0.15) is 0 Å². The molecule has 0 spiro atoms. The molecule has 0 heterocycles. The largest absolute Gasteiger partial charge is 0.397 e. The van der Waals surface area contributed by atoms with Gasteiger partial charge in [0.2, 0.25) is 0 Å². The first-order valence-corrected chi connectivity index (χ1v) is 7.12. The maximum absolute atomic E-state index is 12.3. The average molecular weight is 333 g/mol. The van der Waals surface area contributed by atoms with Gasteiger partial charge in [-0.3, -0.25) is 4.79 Å². The van der Waals surface area contributed by atoms with Gasteiger partial charge in [-0.25, -0.2) is 0 Å². The third-order valence-corrected chi connectivity index (χ3v) is 3.94. The van der Waals surface area contributed by atoms with Gasteiger partial charge in [-0.05, 0) is 77.7 Å². The number of halogens is 1. The van der Waals surface area contributed by atoms with E-state index in [0.29, 0.717) is 16.9 Å². The minimum Gasteiger partial charge on any atom is -0.397 e. The molecule has 0 aliphatic rings. The average Bonchev–Trinajstić information content (AvgIpc) is 2.35. The summed E-state index contributed by atoms with van der Waals surface area (Å²) in [5.74, 6) is -0.174. The zero-order valence-corrected chi connectivity index (χ0v) is 13.3. The molecule has 3 N–H and O–H groups in total. The van der Waals surface area contributed by atoms with Gasteiger partial charge in [-0.15, -0.1) is 0 Å². The molecule has 0 radical (unpaired) electrons. The fraction of sp³-hybridized carbons (Fsp3) is 0.188. The van der Waals surface area contributed by atoms with E-state index in [0.717, 1.165) is 21.2 Å². The van der Waals surface area contributed by atoms with E-state index in [1.807, 2.05) is 45.0 Å². The molecule has 0 saturated heterocycles. The highest BCUT2D eigenvalue weighted by Gasteiger charge is 2.12. The van der Waals surface area contributed by atoms with Crippen molar-refractivity contribution in [1.29, 1.82) is 0 Å². The molecular formula is C16H17BrN2O. The number of nitrogen functional groups attached to an aromatic ring is 1. The lowest BCUT2D eigenvalue weighted by Crippen LogP contribution is -2.14. The summed E-state index contributed by atoms with van der Waals surface area (Å²) in [5, 5.41) is 2.86. The van der Waals surface area contributed by atoms with E-state index in [9.17, 15) is 4.79 Å². The quantitative estimate of drug-likeness (QED) is 0.809. The Labute approximate surface area is 127 Å². The zero-order valence-electron chi connectivity index (χ0n) is 11.8. The maximum atomic E-state index is 12.3. The molecule has 2 rings (SSSR count). The summed E-state index contributed by atoms with van der Waals surface area (Å²) in [6.07, 6.45) is 0. The van der Waals surface area contributed by atoms with Gasteiger partial charge in [0.1, 0.15) is 0 Å². The van der Waals surface area contributed by atoms with E-state index in [1.54, 1.807) is 6.07 Å². The minimum absolute atomic E-state index is 0.174. The molecule has 0 aliphatic carbocycles. The fourth-order valence-electron chi connectivity index (χ4n) is 1.94. The van der Waals surface area contributed by atoms with Crippen molar-refractivity contribution in [1.82, 2.24) is 0 Å². The lowest BCUT2D eigenvalue weighted by molar-refractivity contribution is 0.102. The van der Waals surface area contributed by atoms with E-state index in [4.69, 9.17) is 5.73 Å². The van der Waals surface area contributed by atoms with E-state index in [-0.39, 0.29) is 5.91 Å². The van der Waals surface area contributed by atoms with Crippen molar-refractivity contribution in [3.05, 3.63) is 57.1 Å². The Hall–Kier alpha value is -1.81. The van der Waals surface area contributed by atoms with Crippen LogP contribution in [0, 0.1) is 20.8 Å². The summed E-state index contributed by atoms with van der Waals surface area (Å²) in [5.41, 5.74) is 11.1. The lowest BCUT2D eigenvalue weighted by Gasteiger charge is -2.12. The Bertz CT molecular complexity index is 680. The van der Waals surface area contributed by atoms with E-state index < -0.39 is 0 Å². The fourth-order valence-corrected chi connectivity index (χ4v) is 2.61. The smallest absolute Gasteiger partial charge is 0.256 e. The van der Waals surface area contributed by atoms with Crippen LogP contribution in [0.1, 0.15) is 27.0 Å². The molecule has 0 bridgehead atoms. The molecule has 3 nitrogen and oxygen atoms in total. The number of nitrogens with one attached hydrogen (secondary N) is 1. The lowest BCUT2D eigenvalue weighted by atomic mass is 10.1. The molecule has 0 unspecified atom stereocenters. The van der Waals surface area contributed by atoms with Gasteiger partial charge >= 0.3 is 0 Å². The topological polar surface area (TPSA) is 55.1 Å². The normalized spacial score (nSPS) is 10.4. The highest BCUT2D eigenvalue weighted by atomic mass is 79.9. The van der Waals surface area contributed by atoms with Crippen molar-refractivity contribution in [3.63, 3.8) is 0 Å². The van der Waals surface area contributed by atoms with Crippen molar-refractivity contribution in [2.24, 2.45) is 0 Å². The Balaban J connectivity index is 2.30. The first-order chi connectivity index (χ1) is 9.38. The first-order valence-electron chi connectivity index (χ1n) is 6.32. The highest BCUT2D eigenvalue weighted by molar-refractivity contribution is 9.10. The standard InChI is InChI=1S/C16H17BrN2O/c1-9-4-5-12(13(17)6-9)16(20)19-15-8-11(3)10(2)7-14(15)18/h4-8H,18H2,1-3H3,(H,19,20). The van der Waals surface area contributed by atoms with Crippen LogP contribution in [0.5, 0.6) is 0 Å². The first kappa shape index (κ1) is 14.6. The Kier molecular flexibility index (Phi) is 4.14. The predicted octanol–water partition coefficient (Wildman–Crippen LogP) is 4.21. The molecule has 2 aromatic carbocycles. The second kappa shape index (κ2) is 5.67. The van der Waals surface area contributed by atoms with Crippen LogP contribution >= 0.6 is 15.9 Å².